The molecule has 2 aromatic carbocycles. The summed E-state index contributed by atoms with van der Waals surface area (Å²) >= 11 is 0. The van der Waals surface area contributed by atoms with Gasteiger partial charge in [-0.1, -0.05) is 12.5 Å². The highest BCUT2D eigenvalue weighted by Crippen LogP contribution is 2.27. The van der Waals surface area contributed by atoms with Crippen LogP contribution in [-0.4, -0.2) is 38.6 Å². The molecule has 1 heterocycles. The van der Waals surface area contributed by atoms with Crippen molar-refractivity contribution in [2.24, 2.45) is 4.99 Å². The molecule has 0 unspecified atom stereocenters. The van der Waals surface area contributed by atoms with Gasteiger partial charge in [-0.15, -0.1) is 0 Å². The number of nitrogens with zero attached hydrogens (tertiary/aromatic N) is 2. The lowest BCUT2D eigenvalue weighted by molar-refractivity contribution is -0.0498. The fourth-order valence-corrected chi connectivity index (χ4v) is 4.56. The Labute approximate surface area is 163 Å². The average molecular weight is 408 g/mol. The highest BCUT2D eigenvalue weighted by Gasteiger charge is 2.26. The number of aliphatic imine (C=N–C) groups is 1. The zero-order valence-electron chi connectivity index (χ0n) is 15.5. The van der Waals surface area contributed by atoms with Gasteiger partial charge < -0.3 is 4.74 Å². The Kier molecular flexibility index (Phi) is 6.41. The standard InChI is InChI=1S/C20H22F2N2O3S/c1-15-5-10-18(28(25,26)24-11-3-2-4-12-24)13-19(15)23-14-16-6-8-17(9-7-16)27-20(21)22/h5-10,13-14,20H,2-4,11-12H2,1H3. The number of halogens is 2. The lowest BCUT2D eigenvalue weighted by Crippen LogP contribution is -2.35. The summed E-state index contributed by atoms with van der Waals surface area (Å²) in [6, 6.07) is 11.0. The van der Waals surface area contributed by atoms with Crippen LogP contribution >= 0.6 is 0 Å². The summed E-state index contributed by atoms with van der Waals surface area (Å²) < 4.78 is 55.9. The molecule has 0 aliphatic carbocycles. The summed E-state index contributed by atoms with van der Waals surface area (Å²) in [5, 5.41) is 0. The van der Waals surface area contributed by atoms with Crippen LogP contribution in [-0.2, 0) is 10.0 Å². The van der Waals surface area contributed by atoms with Crippen molar-refractivity contribution in [2.45, 2.75) is 37.7 Å². The number of hydrogen-bond donors (Lipinski definition) is 0. The number of alkyl halides is 2. The summed E-state index contributed by atoms with van der Waals surface area (Å²) in [6.07, 6.45) is 4.37. The first-order valence-electron chi connectivity index (χ1n) is 9.06. The molecule has 0 spiro atoms. The highest BCUT2D eigenvalue weighted by molar-refractivity contribution is 7.89. The van der Waals surface area contributed by atoms with Gasteiger partial charge in [0, 0.05) is 19.3 Å². The molecule has 28 heavy (non-hydrogen) atoms. The zero-order valence-corrected chi connectivity index (χ0v) is 16.3. The van der Waals surface area contributed by atoms with Gasteiger partial charge in [0.05, 0.1) is 10.6 Å². The molecule has 1 saturated heterocycles. The van der Waals surface area contributed by atoms with Crippen molar-refractivity contribution in [3.05, 3.63) is 53.6 Å². The topological polar surface area (TPSA) is 59.0 Å². The smallest absolute Gasteiger partial charge is 0.387 e. The van der Waals surface area contributed by atoms with Crippen LogP contribution in [0, 0.1) is 6.92 Å². The fourth-order valence-electron chi connectivity index (χ4n) is 3.02. The van der Waals surface area contributed by atoms with Crippen LogP contribution in [0.1, 0.15) is 30.4 Å². The number of piperidine rings is 1. The second-order valence-electron chi connectivity index (χ2n) is 6.62. The third-order valence-electron chi connectivity index (χ3n) is 4.59. The van der Waals surface area contributed by atoms with E-state index >= 15 is 0 Å². The predicted octanol–water partition coefficient (Wildman–Crippen LogP) is 4.52. The molecule has 3 rings (SSSR count). The Morgan fingerprint density at radius 3 is 2.39 bits per heavy atom. The van der Waals surface area contributed by atoms with E-state index in [1.54, 1.807) is 36.5 Å². The van der Waals surface area contributed by atoms with Gasteiger partial charge in [0.25, 0.3) is 0 Å². The Hall–Kier alpha value is -2.32. The second-order valence-corrected chi connectivity index (χ2v) is 8.56. The van der Waals surface area contributed by atoms with Crippen molar-refractivity contribution in [3.8, 4) is 5.75 Å². The van der Waals surface area contributed by atoms with Gasteiger partial charge in [-0.2, -0.15) is 13.1 Å². The molecule has 0 bridgehead atoms. The van der Waals surface area contributed by atoms with Gasteiger partial charge >= 0.3 is 6.61 Å². The van der Waals surface area contributed by atoms with Crippen LogP contribution in [0.4, 0.5) is 14.5 Å². The molecule has 150 valence electrons. The summed E-state index contributed by atoms with van der Waals surface area (Å²) in [4.78, 5) is 4.62. The minimum Gasteiger partial charge on any atom is -0.435 e. The van der Waals surface area contributed by atoms with E-state index in [4.69, 9.17) is 0 Å². The van der Waals surface area contributed by atoms with Crippen LogP contribution < -0.4 is 4.74 Å². The quantitative estimate of drug-likeness (QED) is 0.660. The summed E-state index contributed by atoms with van der Waals surface area (Å²) in [5.41, 5.74) is 2.07. The number of hydrogen-bond acceptors (Lipinski definition) is 4. The van der Waals surface area contributed by atoms with E-state index < -0.39 is 16.6 Å². The van der Waals surface area contributed by atoms with Crippen LogP contribution in [0.15, 0.2) is 52.4 Å². The molecule has 1 aliphatic rings. The largest absolute Gasteiger partial charge is 0.435 e. The number of aryl methyl sites for hydroxylation is 1. The Bertz CT molecular complexity index is 938. The van der Waals surface area contributed by atoms with Gasteiger partial charge in [-0.05, 0) is 67.3 Å². The summed E-state index contributed by atoms with van der Waals surface area (Å²) in [6.45, 7) is 0.0690. The predicted molar refractivity (Wildman–Crippen MR) is 104 cm³/mol. The molecular weight excluding hydrogens is 386 g/mol. The molecule has 0 saturated carbocycles. The van der Waals surface area contributed by atoms with E-state index in [1.165, 1.54) is 16.4 Å². The normalized spacial score (nSPS) is 16.0. The average Bonchev–Trinajstić information content (AvgIpc) is 2.68. The molecule has 0 atom stereocenters. The minimum absolute atomic E-state index is 0.0675. The molecule has 1 fully saturated rings. The third kappa shape index (κ3) is 4.94. The monoisotopic (exact) mass is 408 g/mol. The molecule has 0 aromatic heterocycles. The van der Waals surface area contributed by atoms with Crippen molar-refractivity contribution < 1.29 is 21.9 Å². The van der Waals surface area contributed by atoms with Gasteiger partial charge in [-0.3, -0.25) is 4.99 Å². The van der Waals surface area contributed by atoms with E-state index in [9.17, 15) is 17.2 Å². The van der Waals surface area contributed by atoms with Gasteiger partial charge in [0.15, 0.2) is 0 Å². The van der Waals surface area contributed by atoms with Crippen LogP contribution in [0.3, 0.4) is 0 Å². The third-order valence-corrected chi connectivity index (χ3v) is 6.49. The first-order valence-corrected chi connectivity index (χ1v) is 10.5. The Balaban J connectivity index is 1.80. The van der Waals surface area contributed by atoms with Crippen molar-refractivity contribution >= 4 is 21.9 Å². The first-order chi connectivity index (χ1) is 13.4. The molecule has 0 N–H and O–H groups in total. The molecule has 0 radical (unpaired) electrons. The molecule has 2 aromatic rings. The SMILES string of the molecule is Cc1ccc(S(=O)(=O)N2CCCCC2)cc1N=Cc1ccc(OC(F)F)cc1. The van der Waals surface area contributed by atoms with Crippen molar-refractivity contribution in [2.75, 3.05) is 13.1 Å². The minimum atomic E-state index is -3.53. The highest BCUT2D eigenvalue weighted by atomic mass is 32.2. The maximum Gasteiger partial charge on any atom is 0.387 e. The van der Waals surface area contributed by atoms with Crippen LogP contribution in [0.2, 0.25) is 0 Å². The van der Waals surface area contributed by atoms with E-state index in [-0.39, 0.29) is 10.6 Å². The van der Waals surface area contributed by atoms with E-state index in [0.29, 0.717) is 24.3 Å². The summed E-state index contributed by atoms with van der Waals surface area (Å²) in [5.74, 6) is 0.0675. The fraction of sp³-hybridized carbons (Fsp3) is 0.350. The molecule has 8 heteroatoms. The molecule has 0 amide bonds. The van der Waals surface area contributed by atoms with Gasteiger partial charge in [0.1, 0.15) is 5.75 Å². The van der Waals surface area contributed by atoms with E-state index in [0.717, 1.165) is 24.8 Å². The van der Waals surface area contributed by atoms with Crippen LogP contribution in [0.25, 0.3) is 0 Å². The second kappa shape index (κ2) is 8.79. The maximum atomic E-state index is 12.8. The van der Waals surface area contributed by atoms with Crippen molar-refractivity contribution in [3.63, 3.8) is 0 Å². The number of ether oxygens (including phenoxy) is 1. The Morgan fingerprint density at radius 2 is 1.75 bits per heavy atom. The Morgan fingerprint density at radius 1 is 1.07 bits per heavy atom. The molecule has 1 aliphatic heterocycles. The first kappa shape index (κ1) is 20.4. The number of benzene rings is 2. The van der Waals surface area contributed by atoms with Gasteiger partial charge in [-0.25, -0.2) is 8.42 Å². The number of rotatable bonds is 6. The van der Waals surface area contributed by atoms with Crippen LogP contribution in [0.5, 0.6) is 5.75 Å². The van der Waals surface area contributed by atoms with E-state index in [1.807, 2.05) is 6.92 Å². The maximum absolute atomic E-state index is 12.8. The van der Waals surface area contributed by atoms with Gasteiger partial charge in [0.2, 0.25) is 10.0 Å². The molecule has 5 nitrogen and oxygen atoms in total. The van der Waals surface area contributed by atoms with Crippen molar-refractivity contribution in [1.29, 1.82) is 0 Å². The molecular formula is C20H22F2N2O3S. The lowest BCUT2D eigenvalue weighted by Gasteiger charge is -2.26. The summed E-state index contributed by atoms with van der Waals surface area (Å²) in [7, 11) is -3.53. The van der Waals surface area contributed by atoms with E-state index in [2.05, 4.69) is 9.73 Å². The van der Waals surface area contributed by atoms with Crippen molar-refractivity contribution in [1.82, 2.24) is 4.31 Å². The lowest BCUT2D eigenvalue weighted by atomic mass is 10.2. The number of sulfonamides is 1. The zero-order chi connectivity index (χ0) is 20.1.